The van der Waals surface area contributed by atoms with E-state index in [1.807, 2.05) is 42.5 Å². The van der Waals surface area contributed by atoms with Crippen molar-refractivity contribution < 1.29 is 4.42 Å². The number of para-hydroxylation sites is 4. The molecule has 5 nitrogen and oxygen atoms in total. The summed E-state index contributed by atoms with van der Waals surface area (Å²) in [5.74, 6) is 1.73. The van der Waals surface area contributed by atoms with Gasteiger partial charge in [-0.2, -0.15) is 0 Å². The van der Waals surface area contributed by atoms with E-state index in [1.165, 1.54) is 37.7 Å². The highest BCUT2D eigenvalue weighted by Gasteiger charge is 2.23. The van der Waals surface area contributed by atoms with Gasteiger partial charge in [0.05, 0.1) is 22.3 Å². The van der Waals surface area contributed by atoms with E-state index >= 15 is 0 Å². The molecule has 12 aromatic rings. The lowest BCUT2D eigenvalue weighted by atomic mass is 9.92. The summed E-state index contributed by atoms with van der Waals surface area (Å²) in [4.78, 5) is 15.9. The molecule has 0 N–H and O–H groups in total. The maximum absolute atomic E-state index is 6.55. The highest BCUT2D eigenvalue weighted by atomic mass is 16.3. The lowest BCUT2D eigenvalue weighted by Crippen LogP contribution is -2.04. The third-order valence-electron chi connectivity index (χ3n) is 11.2. The smallest absolute Gasteiger partial charge is 0.167 e. The summed E-state index contributed by atoms with van der Waals surface area (Å²) in [5, 5.41) is 11.6. The molecule has 260 valence electrons. The Kier molecular flexibility index (Phi) is 6.56. The normalized spacial score (nSPS) is 11.9. The molecular formula is C51H30N4O. The number of hydrogen-bond donors (Lipinski definition) is 0. The van der Waals surface area contributed by atoms with Crippen LogP contribution in [-0.2, 0) is 0 Å². The van der Waals surface area contributed by atoms with Crippen molar-refractivity contribution in [1.82, 2.24) is 19.5 Å². The first kappa shape index (κ1) is 30.8. The Balaban J connectivity index is 1.25. The highest BCUT2D eigenvalue weighted by Crippen LogP contribution is 2.43. The van der Waals surface area contributed by atoms with Gasteiger partial charge in [0.1, 0.15) is 11.2 Å². The minimum absolute atomic E-state index is 0.551. The molecule has 0 spiro atoms. The first-order chi connectivity index (χ1) is 27.8. The van der Waals surface area contributed by atoms with Crippen molar-refractivity contribution in [3.05, 3.63) is 182 Å². The molecule has 5 heteroatoms. The molecule has 0 aliphatic heterocycles. The van der Waals surface area contributed by atoms with Crippen molar-refractivity contribution in [2.45, 2.75) is 0 Å². The largest absolute Gasteiger partial charge is 0.455 e. The van der Waals surface area contributed by atoms with Crippen LogP contribution in [0.25, 0.3) is 116 Å². The molecule has 0 radical (unpaired) electrons. The number of nitrogens with zero attached hydrogens (tertiary/aromatic N) is 4. The third-order valence-corrected chi connectivity index (χ3v) is 11.2. The average molecular weight is 715 g/mol. The third kappa shape index (κ3) is 4.52. The summed E-state index contributed by atoms with van der Waals surface area (Å²) in [6, 6.07) is 63.9. The van der Waals surface area contributed by atoms with Crippen molar-refractivity contribution in [1.29, 1.82) is 0 Å². The number of benzene rings is 9. The average Bonchev–Trinajstić information content (AvgIpc) is 3.82. The van der Waals surface area contributed by atoms with Crippen LogP contribution in [0.5, 0.6) is 0 Å². The first-order valence-electron chi connectivity index (χ1n) is 18.9. The van der Waals surface area contributed by atoms with E-state index < -0.39 is 0 Å². The van der Waals surface area contributed by atoms with Gasteiger partial charge in [0.25, 0.3) is 0 Å². The minimum atomic E-state index is 0.551. The van der Waals surface area contributed by atoms with Crippen LogP contribution in [0, 0.1) is 0 Å². The fraction of sp³-hybridized carbons (Fsp3) is 0. The maximum Gasteiger partial charge on any atom is 0.167 e. The van der Waals surface area contributed by atoms with E-state index in [0.29, 0.717) is 17.5 Å². The van der Waals surface area contributed by atoms with Crippen LogP contribution in [0.15, 0.2) is 186 Å². The van der Waals surface area contributed by atoms with E-state index in [4.69, 9.17) is 19.4 Å². The van der Waals surface area contributed by atoms with Crippen LogP contribution < -0.4 is 0 Å². The van der Waals surface area contributed by atoms with Gasteiger partial charge in [-0.05, 0) is 68.7 Å². The summed E-state index contributed by atoms with van der Waals surface area (Å²) in [5.41, 5.74) is 7.43. The van der Waals surface area contributed by atoms with Crippen molar-refractivity contribution in [2.75, 3.05) is 0 Å². The second-order valence-corrected chi connectivity index (χ2v) is 14.3. The topological polar surface area (TPSA) is 56.7 Å². The molecule has 56 heavy (non-hydrogen) atoms. The zero-order valence-electron chi connectivity index (χ0n) is 30.0. The van der Waals surface area contributed by atoms with Gasteiger partial charge in [0.2, 0.25) is 0 Å². The Morgan fingerprint density at radius 3 is 1.48 bits per heavy atom. The van der Waals surface area contributed by atoms with Crippen molar-refractivity contribution in [3.8, 4) is 39.9 Å². The SMILES string of the molecule is c1ccc(-c2nc(-c3cc4c5ccccc5c5ccccc5c4cc3-n3c4ccccc4c4ccccc43)nc(-c3cccc4c3oc3ccccc34)n2)cc1. The molecule has 0 aliphatic carbocycles. The number of fused-ring (bicyclic) bond motifs is 12. The molecule has 0 saturated heterocycles. The van der Waals surface area contributed by atoms with E-state index in [-0.39, 0.29) is 0 Å². The van der Waals surface area contributed by atoms with E-state index in [1.54, 1.807) is 0 Å². The maximum atomic E-state index is 6.55. The quantitative estimate of drug-likeness (QED) is 0.170. The monoisotopic (exact) mass is 714 g/mol. The van der Waals surface area contributed by atoms with E-state index in [9.17, 15) is 0 Å². The van der Waals surface area contributed by atoms with Crippen LogP contribution in [-0.4, -0.2) is 19.5 Å². The zero-order valence-corrected chi connectivity index (χ0v) is 30.0. The Morgan fingerprint density at radius 1 is 0.339 bits per heavy atom. The molecule has 0 aliphatic rings. The summed E-state index contributed by atoms with van der Waals surface area (Å²) in [7, 11) is 0. The number of aromatic nitrogens is 4. The fourth-order valence-corrected chi connectivity index (χ4v) is 8.74. The Labute approximate surface area is 320 Å². The van der Waals surface area contributed by atoms with Gasteiger partial charge >= 0.3 is 0 Å². The van der Waals surface area contributed by atoms with Gasteiger partial charge in [-0.25, -0.2) is 15.0 Å². The van der Waals surface area contributed by atoms with Crippen LogP contribution in [0.2, 0.25) is 0 Å². The first-order valence-corrected chi connectivity index (χ1v) is 18.9. The predicted molar refractivity (Wildman–Crippen MR) is 230 cm³/mol. The van der Waals surface area contributed by atoms with Crippen molar-refractivity contribution in [3.63, 3.8) is 0 Å². The molecule has 3 heterocycles. The van der Waals surface area contributed by atoms with E-state index in [0.717, 1.165) is 60.7 Å². The molecule has 0 fully saturated rings. The van der Waals surface area contributed by atoms with Crippen LogP contribution in [0.1, 0.15) is 0 Å². The molecule has 0 bridgehead atoms. The van der Waals surface area contributed by atoms with Crippen LogP contribution in [0.3, 0.4) is 0 Å². The zero-order chi connectivity index (χ0) is 36.7. The van der Waals surface area contributed by atoms with Gasteiger partial charge in [-0.1, -0.05) is 146 Å². The minimum Gasteiger partial charge on any atom is -0.455 e. The van der Waals surface area contributed by atoms with Crippen LogP contribution in [0.4, 0.5) is 0 Å². The molecule has 12 rings (SSSR count). The van der Waals surface area contributed by atoms with Crippen LogP contribution >= 0.6 is 0 Å². The number of hydrogen-bond acceptors (Lipinski definition) is 4. The Morgan fingerprint density at radius 2 is 0.821 bits per heavy atom. The molecular weight excluding hydrogens is 685 g/mol. The van der Waals surface area contributed by atoms with Gasteiger partial charge in [-0.15, -0.1) is 0 Å². The van der Waals surface area contributed by atoms with Gasteiger partial charge in [0, 0.05) is 32.7 Å². The van der Waals surface area contributed by atoms with Gasteiger partial charge in [-0.3, -0.25) is 0 Å². The molecule has 0 amide bonds. The lowest BCUT2D eigenvalue weighted by Gasteiger charge is -2.18. The predicted octanol–water partition coefficient (Wildman–Crippen LogP) is 13.3. The summed E-state index contributed by atoms with van der Waals surface area (Å²) >= 11 is 0. The lowest BCUT2D eigenvalue weighted by molar-refractivity contribution is 0.669. The van der Waals surface area contributed by atoms with Crippen molar-refractivity contribution >= 4 is 76.1 Å². The fourth-order valence-electron chi connectivity index (χ4n) is 8.74. The van der Waals surface area contributed by atoms with Gasteiger partial charge in [0.15, 0.2) is 17.5 Å². The second kappa shape index (κ2) is 11.9. The highest BCUT2D eigenvalue weighted by molar-refractivity contribution is 6.26. The molecule has 9 aromatic carbocycles. The number of rotatable bonds is 4. The molecule has 0 saturated carbocycles. The van der Waals surface area contributed by atoms with Gasteiger partial charge < -0.3 is 8.98 Å². The summed E-state index contributed by atoms with van der Waals surface area (Å²) in [6.07, 6.45) is 0. The standard InChI is InChI=1S/C51H30N4O/c1-2-15-31(16-3-1)49-52-50(40-25-14-24-39-38-23-10-13-28-47(38)56-48(39)40)54-51(53-49)43-29-41-34-19-6-4-17-32(34)33-18-5-7-20-35(33)42(41)30-46(43)55-44-26-11-8-21-36(44)37-22-9-12-27-45(37)55/h1-30H. The summed E-state index contributed by atoms with van der Waals surface area (Å²) in [6.45, 7) is 0. The Bertz CT molecular complexity index is 3490. The number of furan rings is 1. The second-order valence-electron chi connectivity index (χ2n) is 14.3. The molecule has 3 aromatic heterocycles. The van der Waals surface area contributed by atoms with E-state index in [2.05, 4.69) is 144 Å². The summed E-state index contributed by atoms with van der Waals surface area (Å²) < 4.78 is 8.93. The Hall–Kier alpha value is -7.63. The molecule has 0 atom stereocenters. The molecule has 0 unspecified atom stereocenters. The van der Waals surface area contributed by atoms with Crippen molar-refractivity contribution in [2.24, 2.45) is 0 Å².